The molecule has 1 aromatic rings. The van der Waals surface area contributed by atoms with Crippen LogP contribution in [0.3, 0.4) is 0 Å². The van der Waals surface area contributed by atoms with Gasteiger partial charge < -0.3 is 10.2 Å². The molecular weight excluding hydrogens is 310 g/mol. The maximum Gasteiger partial charge on any atom is 0.258 e. The van der Waals surface area contributed by atoms with E-state index < -0.39 is 29.1 Å². The molecule has 4 nitrogen and oxygen atoms in total. The van der Waals surface area contributed by atoms with Crippen LogP contribution in [0.5, 0.6) is 0 Å². The minimum Gasteiger partial charge on any atom is -0.350 e. The van der Waals surface area contributed by atoms with Crippen LogP contribution in [0.15, 0.2) is 18.2 Å². The summed E-state index contributed by atoms with van der Waals surface area (Å²) in [4.78, 5) is 26.0. The fraction of sp³-hybridized carbons (Fsp3) is 0.467. The minimum absolute atomic E-state index is 0.275. The Labute approximate surface area is 132 Å². The lowest BCUT2D eigenvalue weighted by Crippen LogP contribution is -2.52. The monoisotopic (exact) mass is 328 g/mol. The van der Waals surface area contributed by atoms with Crippen LogP contribution in [0.2, 0.25) is 0 Å². The molecule has 120 valence electrons. The van der Waals surface area contributed by atoms with Gasteiger partial charge in [0.2, 0.25) is 5.91 Å². The van der Waals surface area contributed by atoms with Gasteiger partial charge in [0.05, 0.1) is 11.4 Å². The lowest BCUT2D eigenvalue weighted by molar-refractivity contribution is -0.125. The van der Waals surface area contributed by atoms with Crippen LogP contribution in [0.4, 0.5) is 8.78 Å². The molecule has 1 aliphatic heterocycles. The number of nitrogens with one attached hydrogen (secondary N) is 1. The van der Waals surface area contributed by atoms with Crippen molar-refractivity contribution in [2.24, 2.45) is 0 Å². The van der Waals surface area contributed by atoms with E-state index in [0.717, 1.165) is 18.2 Å². The predicted octanol–water partition coefficient (Wildman–Crippen LogP) is 2.39. The van der Waals surface area contributed by atoms with Crippen LogP contribution in [0.25, 0.3) is 0 Å². The molecule has 0 aromatic heterocycles. The highest BCUT2D eigenvalue weighted by atomic mass is 32.2. The summed E-state index contributed by atoms with van der Waals surface area (Å²) in [6.45, 7) is 5.52. The van der Waals surface area contributed by atoms with Gasteiger partial charge in [0.1, 0.15) is 17.7 Å². The van der Waals surface area contributed by atoms with Crippen molar-refractivity contribution in [1.29, 1.82) is 0 Å². The SMILES string of the molecule is CC(C)(C)NC(=O)[C@H]1CSCN1C(=O)c1cc(F)ccc1F. The van der Waals surface area contributed by atoms with Crippen LogP contribution < -0.4 is 5.32 Å². The van der Waals surface area contributed by atoms with Crippen LogP contribution in [-0.2, 0) is 4.79 Å². The molecule has 1 fully saturated rings. The Balaban J connectivity index is 2.21. The van der Waals surface area contributed by atoms with Gasteiger partial charge in [-0.1, -0.05) is 0 Å². The second kappa shape index (κ2) is 6.24. The average molecular weight is 328 g/mol. The van der Waals surface area contributed by atoms with Crippen molar-refractivity contribution in [3.63, 3.8) is 0 Å². The van der Waals surface area contributed by atoms with Crippen molar-refractivity contribution < 1.29 is 18.4 Å². The molecule has 2 rings (SSSR count). The molecule has 0 unspecified atom stereocenters. The second-order valence-electron chi connectivity index (χ2n) is 6.15. The highest BCUT2D eigenvalue weighted by Gasteiger charge is 2.37. The van der Waals surface area contributed by atoms with E-state index >= 15 is 0 Å². The normalized spacial score (nSPS) is 18.4. The van der Waals surface area contributed by atoms with Gasteiger partial charge >= 0.3 is 0 Å². The molecule has 1 heterocycles. The molecule has 1 saturated heterocycles. The molecule has 22 heavy (non-hydrogen) atoms. The molecule has 0 bridgehead atoms. The fourth-order valence-corrected chi connectivity index (χ4v) is 3.28. The quantitative estimate of drug-likeness (QED) is 0.907. The van der Waals surface area contributed by atoms with Crippen molar-refractivity contribution in [1.82, 2.24) is 10.2 Å². The van der Waals surface area contributed by atoms with Crippen molar-refractivity contribution in [3.05, 3.63) is 35.4 Å². The third-order valence-electron chi connectivity index (χ3n) is 3.10. The van der Waals surface area contributed by atoms with Crippen molar-refractivity contribution in [2.45, 2.75) is 32.4 Å². The first-order valence-electron chi connectivity index (χ1n) is 6.85. The number of hydrogen-bond donors (Lipinski definition) is 1. The zero-order valence-corrected chi connectivity index (χ0v) is 13.5. The van der Waals surface area contributed by atoms with Crippen molar-refractivity contribution in [3.8, 4) is 0 Å². The summed E-state index contributed by atoms with van der Waals surface area (Å²) in [7, 11) is 0. The highest BCUT2D eigenvalue weighted by Crippen LogP contribution is 2.25. The Hall–Kier alpha value is -1.63. The number of carbonyl (C=O) groups is 2. The van der Waals surface area contributed by atoms with E-state index in [0.29, 0.717) is 5.75 Å². The van der Waals surface area contributed by atoms with Crippen LogP contribution in [0.1, 0.15) is 31.1 Å². The van der Waals surface area contributed by atoms with Gasteiger partial charge in [0.15, 0.2) is 0 Å². The van der Waals surface area contributed by atoms with Crippen LogP contribution in [-0.4, -0.2) is 39.9 Å². The fourth-order valence-electron chi connectivity index (χ4n) is 2.13. The first kappa shape index (κ1) is 16.7. The average Bonchev–Trinajstić information content (AvgIpc) is 2.88. The third kappa shape index (κ3) is 3.76. The molecule has 1 atom stereocenters. The van der Waals surface area contributed by atoms with Gasteiger partial charge in [0.25, 0.3) is 5.91 Å². The van der Waals surface area contributed by atoms with Gasteiger partial charge in [-0.05, 0) is 39.0 Å². The van der Waals surface area contributed by atoms with E-state index in [9.17, 15) is 18.4 Å². The first-order valence-corrected chi connectivity index (χ1v) is 8.00. The highest BCUT2D eigenvalue weighted by molar-refractivity contribution is 7.99. The Morgan fingerprint density at radius 1 is 1.32 bits per heavy atom. The lowest BCUT2D eigenvalue weighted by atomic mass is 10.1. The number of nitrogens with zero attached hydrogens (tertiary/aromatic N) is 1. The van der Waals surface area contributed by atoms with Gasteiger partial charge in [-0.2, -0.15) is 0 Å². The van der Waals surface area contributed by atoms with E-state index in [4.69, 9.17) is 0 Å². The maximum absolute atomic E-state index is 13.8. The smallest absolute Gasteiger partial charge is 0.258 e. The maximum atomic E-state index is 13.8. The summed E-state index contributed by atoms with van der Waals surface area (Å²) in [5.41, 5.74) is -0.778. The first-order chi connectivity index (χ1) is 10.2. The van der Waals surface area contributed by atoms with Gasteiger partial charge in [-0.15, -0.1) is 11.8 Å². The zero-order chi connectivity index (χ0) is 16.5. The summed E-state index contributed by atoms with van der Waals surface area (Å²) >= 11 is 1.41. The van der Waals surface area contributed by atoms with Gasteiger partial charge in [-0.3, -0.25) is 9.59 Å². The summed E-state index contributed by atoms with van der Waals surface area (Å²) in [6.07, 6.45) is 0. The molecule has 0 aliphatic carbocycles. The topological polar surface area (TPSA) is 49.4 Å². The van der Waals surface area contributed by atoms with E-state index in [1.165, 1.54) is 16.7 Å². The molecule has 7 heteroatoms. The van der Waals surface area contributed by atoms with E-state index in [1.54, 1.807) is 0 Å². The van der Waals surface area contributed by atoms with E-state index in [-0.39, 0.29) is 17.3 Å². The third-order valence-corrected chi connectivity index (χ3v) is 4.12. The standard InChI is InChI=1S/C15H18F2N2O2S/c1-15(2,3)18-13(20)12-7-22-8-19(12)14(21)10-6-9(16)4-5-11(10)17/h4-6,12H,7-8H2,1-3H3,(H,18,20)/t12-/m1/s1. The lowest BCUT2D eigenvalue weighted by Gasteiger charge is -2.27. The molecule has 1 aromatic carbocycles. The Bertz CT molecular complexity index is 602. The van der Waals surface area contributed by atoms with Crippen molar-refractivity contribution >= 4 is 23.6 Å². The summed E-state index contributed by atoms with van der Waals surface area (Å²) < 4.78 is 27.0. The number of hydrogen-bond acceptors (Lipinski definition) is 3. The zero-order valence-electron chi connectivity index (χ0n) is 12.7. The minimum atomic E-state index is -0.793. The van der Waals surface area contributed by atoms with Gasteiger partial charge in [0, 0.05) is 11.3 Å². The Morgan fingerprint density at radius 2 is 2.00 bits per heavy atom. The summed E-state index contributed by atoms with van der Waals surface area (Å²) in [5, 5.41) is 2.81. The number of rotatable bonds is 2. The second-order valence-corrected chi connectivity index (χ2v) is 7.15. The van der Waals surface area contributed by atoms with Crippen LogP contribution in [0, 0.1) is 11.6 Å². The molecule has 0 spiro atoms. The Kier molecular flexibility index (Phi) is 4.75. The number of benzene rings is 1. The molecule has 1 aliphatic rings. The van der Waals surface area contributed by atoms with Gasteiger partial charge in [-0.25, -0.2) is 8.78 Å². The predicted molar refractivity (Wildman–Crippen MR) is 81.5 cm³/mol. The number of amides is 2. The molecule has 2 amide bonds. The number of halogens is 2. The largest absolute Gasteiger partial charge is 0.350 e. The Morgan fingerprint density at radius 3 is 2.64 bits per heavy atom. The molecule has 1 N–H and O–H groups in total. The summed E-state index contributed by atoms with van der Waals surface area (Å²) in [6, 6.07) is 2.05. The van der Waals surface area contributed by atoms with E-state index in [2.05, 4.69) is 5.32 Å². The van der Waals surface area contributed by atoms with E-state index in [1.807, 2.05) is 20.8 Å². The summed E-state index contributed by atoms with van der Waals surface area (Å²) in [5.74, 6) is -1.73. The van der Waals surface area contributed by atoms with Crippen molar-refractivity contribution in [2.75, 3.05) is 11.6 Å². The molecular formula is C15H18F2N2O2S. The number of carbonyl (C=O) groups excluding carboxylic acids is 2. The van der Waals surface area contributed by atoms with Crippen LogP contribution >= 0.6 is 11.8 Å². The molecule has 0 saturated carbocycles. The number of thioether (sulfide) groups is 1. The molecule has 0 radical (unpaired) electrons.